The van der Waals surface area contributed by atoms with Gasteiger partial charge in [-0.25, -0.2) is 4.79 Å². The van der Waals surface area contributed by atoms with Crippen LogP contribution in [-0.2, 0) is 14.4 Å². The van der Waals surface area contributed by atoms with Crippen molar-refractivity contribution in [3.05, 3.63) is 0 Å². The average molecular weight is 272 g/mol. The topological polar surface area (TPSA) is 95.5 Å². The molecule has 0 unspecified atom stereocenters. The lowest BCUT2D eigenvalue weighted by Gasteiger charge is -2.17. The Hall–Kier alpha value is -1.59. The number of nitrogens with one attached hydrogen (secondary N) is 2. The molecule has 0 spiro atoms. The Bertz CT molecular complexity index is 327. The normalized spacial score (nSPS) is 12.3. The monoisotopic (exact) mass is 272 g/mol. The number of aliphatic carboxylic acids is 1. The van der Waals surface area contributed by atoms with Crippen LogP contribution in [0.15, 0.2) is 0 Å². The summed E-state index contributed by atoms with van der Waals surface area (Å²) < 4.78 is 0. The van der Waals surface area contributed by atoms with Crippen LogP contribution in [0.1, 0.15) is 40.5 Å². The van der Waals surface area contributed by atoms with Crippen molar-refractivity contribution in [2.45, 2.75) is 46.6 Å². The maximum atomic E-state index is 11.5. The summed E-state index contributed by atoms with van der Waals surface area (Å²) in [6.07, 6.45) is 0.506. The molecule has 0 saturated heterocycles. The van der Waals surface area contributed by atoms with E-state index in [0.717, 1.165) is 0 Å². The fourth-order valence-electron chi connectivity index (χ4n) is 1.52. The predicted octanol–water partition coefficient (Wildman–Crippen LogP) is 0.764. The third-order valence-electron chi connectivity index (χ3n) is 2.52. The van der Waals surface area contributed by atoms with Gasteiger partial charge in [-0.15, -0.1) is 0 Å². The molecule has 0 saturated carbocycles. The Morgan fingerprint density at radius 2 is 1.63 bits per heavy atom. The van der Waals surface area contributed by atoms with E-state index in [-0.39, 0.29) is 36.6 Å². The summed E-state index contributed by atoms with van der Waals surface area (Å²) in [6, 6.07) is -0.890. The standard InChI is InChI=1S/C13H24N2O4/c1-8(2)7-11(17)14-6-5-10(16)15-12(9(3)4)13(18)19/h8-9,12H,5-7H2,1-4H3,(H,14,17)(H,15,16)(H,18,19)/t12-/m0/s1. The zero-order valence-corrected chi connectivity index (χ0v) is 12.0. The molecule has 0 fully saturated rings. The first-order valence-corrected chi connectivity index (χ1v) is 6.52. The maximum absolute atomic E-state index is 11.5. The highest BCUT2D eigenvalue weighted by Crippen LogP contribution is 2.02. The Balaban J connectivity index is 3.99. The van der Waals surface area contributed by atoms with Crippen molar-refractivity contribution in [1.29, 1.82) is 0 Å². The van der Waals surface area contributed by atoms with Gasteiger partial charge in [-0.2, -0.15) is 0 Å². The number of rotatable bonds is 8. The molecule has 0 aromatic heterocycles. The molecule has 0 aromatic carbocycles. The molecule has 6 nitrogen and oxygen atoms in total. The van der Waals surface area contributed by atoms with Crippen LogP contribution < -0.4 is 10.6 Å². The number of hydrogen-bond acceptors (Lipinski definition) is 3. The average Bonchev–Trinajstić information content (AvgIpc) is 2.23. The minimum atomic E-state index is -1.05. The van der Waals surface area contributed by atoms with Crippen molar-refractivity contribution >= 4 is 17.8 Å². The SMILES string of the molecule is CC(C)CC(=O)NCCC(=O)N[C@H](C(=O)O)C(C)C. The van der Waals surface area contributed by atoms with Crippen molar-refractivity contribution in [2.24, 2.45) is 11.8 Å². The Labute approximate surface area is 113 Å². The number of carboxylic acid groups (broad SMARTS) is 1. The number of carbonyl (C=O) groups is 3. The lowest BCUT2D eigenvalue weighted by atomic mass is 10.0. The van der Waals surface area contributed by atoms with Crippen molar-refractivity contribution in [2.75, 3.05) is 6.54 Å². The Kier molecular flexibility index (Phi) is 7.79. The second-order valence-corrected chi connectivity index (χ2v) is 5.33. The second kappa shape index (κ2) is 8.50. The molecular formula is C13H24N2O4. The molecule has 0 aliphatic carbocycles. The third-order valence-corrected chi connectivity index (χ3v) is 2.52. The Morgan fingerprint density at radius 3 is 2.05 bits per heavy atom. The third kappa shape index (κ3) is 8.18. The zero-order chi connectivity index (χ0) is 15.0. The van der Waals surface area contributed by atoms with Crippen LogP contribution in [-0.4, -0.2) is 35.5 Å². The molecule has 3 N–H and O–H groups in total. The van der Waals surface area contributed by atoms with E-state index >= 15 is 0 Å². The summed E-state index contributed by atoms with van der Waals surface area (Å²) in [5.41, 5.74) is 0. The van der Waals surface area contributed by atoms with E-state index in [1.165, 1.54) is 0 Å². The Morgan fingerprint density at radius 1 is 1.05 bits per heavy atom. The molecule has 110 valence electrons. The molecule has 6 heteroatoms. The number of hydrogen-bond donors (Lipinski definition) is 3. The highest BCUT2D eigenvalue weighted by atomic mass is 16.4. The van der Waals surface area contributed by atoms with Crippen LogP contribution in [0.4, 0.5) is 0 Å². The molecule has 0 heterocycles. The number of amides is 2. The largest absolute Gasteiger partial charge is 0.480 e. The number of carbonyl (C=O) groups excluding carboxylic acids is 2. The van der Waals surface area contributed by atoms with Crippen LogP contribution in [0, 0.1) is 11.8 Å². The summed E-state index contributed by atoms with van der Waals surface area (Å²) in [4.78, 5) is 33.8. The molecule has 0 aliphatic rings. The van der Waals surface area contributed by atoms with Crippen LogP contribution in [0.3, 0.4) is 0 Å². The summed E-state index contributed by atoms with van der Waals surface area (Å²) in [5, 5.41) is 14.0. The van der Waals surface area contributed by atoms with E-state index in [2.05, 4.69) is 10.6 Å². The van der Waals surface area contributed by atoms with Gasteiger partial charge in [0.25, 0.3) is 0 Å². The second-order valence-electron chi connectivity index (χ2n) is 5.33. The molecule has 0 aliphatic heterocycles. The molecule has 0 rings (SSSR count). The highest BCUT2D eigenvalue weighted by Gasteiger charge is 2.23. The van der Waals surface area contributed by atoms with Gasteiger partial charge in [0.15, 0.2) is 0 Å². The van der Waals surface area contributed by atoms with Crippen LogP contribution in [0.5, 0.6) is 0 Å². The van der Waals surface area contributed by atoms with Gasteiger partial charge in [0.2, 0.25) is 11.8 Å². The maximum Gasteiger partial charge on any atom is 0.326 e. The van der Waals surface area contributed by atoms with Gasteiger partial charge >= 0.3 is 5.97 Å². The van der Waals surface area contributed by atoms with Gasteiger partial charge in [-0.3, -0.25) is 9.59 Å². The quantitative estimate of drug-likeness (QED) is 0.608. The fourth-order valence-corrected chi connectivity index (χ4v) is 1.52. The van der Waals surface area contributed by atoms with Crippen LogP contribution >= 0.6 is 0 Å². The van der Waals surface area contributed by atoms with Gasteiger partial charge in [0.05, 0.1) is 0 Å². The van der Waals surface area contributed by atoms with Gasteiger partial charge in [-0.05, 0) is 11.8 Å². The minimum absolute atomic E-state index is 0.0837. The van der Waals surface area contributed by atoms with Crippen molar-refractivity contribution < 1.29 is 19.5 Å². The smallest absolute Gasteiger partial charge is 0.326 e. The van der Waals surface area contributed by atoms with Crippen LogP contribution in [0.25, 0.3) is 0 Å². The van der Waals surface area contributed by atoms with E-state index in [1.807, 2.05) is 13.8 Å². The van der Waals surface area contributed by atoms with E-state index < -0.39 is 12.0 Å². The molecule has 0 aromatic rings. The van der Waals surface area contributed by atoms with Crippen LogP contribution in [0.2, 0.25) is 0 Å². The molecule has 0 bridgehead atoms. The molecular weight excluding hydrogens is 248 g/mol. The molecule has 19 heavy (non-hydrogen) atoms. The van der Waals surface area contributed by atoms with E-state index in [9.17, 15) is 14.4 Å². The van der Waals surface area contributed by atoms with Crippen molar-refractivity contribution in [3.63, 3.8) is 0 Å². The predicted molar refractivity (Wildman–Crippen MR) is 71.5 cm³/mol. The first-order valence-electron chi connectivity index (χ1n) is 6.52. The highest BCUT2D eigenvalue weighted by molar-refractivity contribution is 5.84. The minimum Gasteiger partial charge on any atom is -0.480 e. The first kappa shape index (κ1) is 17.4. The fraction of sp³-hybridized carbons (Fsp3) is 0.769. The summed E-state index contributed by atoms with van der Waals surface area (Å²) in [6.45, 7) is 7.55. The lowest BCUT2D eigenvalue weighted by molar-refractivity contribution is -0.143. The van der Waals surface area contributed by atoms with E-state index in [1.54, 1.807) is 13.8 Å². The van der Waals surface area contributed by atoms with Crippen molar-refractivity contribution in [1.82, 2.24) is 10.6 Å². The van der Waals surface area contributed by atoms with Gasteiger partial charge < -0.3 is 15.7 Å². The summed E-state index contributed by atoms with van der Waals surface area (Å²) in [7, 11) is 0. The van der Waals surface area contributed by atoms with Crippen molar-refractivity contribution in [3.8, 4) is 0 Å². The number of carboxylic acids is 1. The molecule has 0 radical (unpaired) electrons. The van der Waals surface area contributed by atoms with E-state index in [4.69, 9.17) is 5.11 Å². The summed E-state index contributed by atoms with van der Waals surface area (Å²) in [5.74, 6) is -1.43. The first-order chi connectivity index (χ1) is 8.73. The summed E-state index contributed by atoms with van der Waals surface area (Å²) >= 11 is 0. The van der Waals surface area contributed by atoms with E-state index in [0.29, 0.717) is 6.42 Å². The molecule has 1 atom stereocenters. The van der Waals surface area contributed by atoms with Gasteiger partial charge in [0, 0.05) is 19.4 Å². The van der Waals surface area contributed by atoms with Gasteiger partial charge in [0.1, 0.15) is 6.04 Å². The zero-order valence-electron chi connectivity index (χ0n) is 12.0. The molecule has 2 amide bonds. The van der Waals surface area contributed by atoms with Gasteiger partial charge in [-0.1, -0.05) is 27.7 Å². The lowest BCUT2D eigenvalue weighted by Crippen LogP contribution is -2.45.